The van der Waals surface area contributed by atoms with Crippen LogP contribution < -0.4 is 15.8 Å². The fourth-order valence-corrected chi connectivity index (χ4v) is 3.94. The van der Waals surface area contributed by atoms with Crippen LogP contribution in [0.5, 0.6) is 0 Å². The average Bonchev–Trinajstić information content (AvgIpc) is 2.55. The van der Waals surface area contributed by atoms with E-state index >= 15 is 0 Å². The summed E-state index contributed by atoms with van der Waals surface area (Å²) in [5.74, 6) is -1.46. The number of carbonyl (C=O) groups is 1. The van der Waals surface area contributed by atoms with Crippen LogP contribution in [-0.4, -0.2) is 19.9 Å². The number of nitrogens with two attached hydrogens (primary N) is 1. The van der Waals surface area contributed by atoms with Crippen molar-refractivity contribution in [3.05, 3.63) is 59.9 Å². The first-order valence-electron chi connectivity index (χ1n) is 8.32. The van der Waals surface area contributed by atoms with E-state index in [1.807, 2.05) is 0 Å². The van der Waals surface area contributed by atoms with Crippen LogP contribution >= 0.6 is 12.4 Å². The van der Waals surface area contributed by atoms with Gasteiger partial charge in [-0.15, -0.1) is 12.4 Å². The molecule has 0 bridgehead atoms. The van der Waals surface area contributed by atoms with Crippen LogP contribution in [0, 0.1) is 5.82 Å². The molecule has 0 heterocycles. The van der Waals surface area contributed by atoms with Crippen LogP contribution in [0.4, 0.5) is 10.1 Å². The maximum atomic E-state index is 14.1. The van der Waals surface area contributed by atoms with E-state index in [1.54, 1.807) is 58.0 Å². The van der Waals surface area contributed by atoms with Gasteiger partial charge in [-0.3, -0.25) is 4.79 Å². The number of sulfonamides is 1. The fourth-order valence-electron chi connectivity index (χ4n) is 2.42. The van der Waals surface area contributed by atoms with E-state index in [2.05, 4.69) is 10.0 Å². The molecule has 0 saturated carbocycles. The van der Waals surface area contributed by atoms with E-state index in [-0.39, 0.29) is 18.1 Å². The van der Waals surface area contributed by atoms with Crippen molar-refractivity contribution in [2.45, 2.75) is 43.7 Å². The Morgan fingerprint density at radius 1 is 1.04 bits per heavy atom. The lowest BCUT2D eigenvalue weighted by atomic mass is 9.92. The molecule has 0 aromatic heterocycles. The second-order valence-electron chi connectivity index (χ2n) is 7.52. The summed E-state index contributed by atoms with van der Waals surface area (Å²) in [5.41, 5.74) is 4.73. The van der Waals surface area contributed by atoms with Crippen LogP contribution in [0.15, 0.2) is 53.4 Å². The zero-order chi connectivity index (χ0) is 20.5. The third kappa shape index (κ3) is 5.75. The van der Waals surface area contributed by atoms with E-state index in [1.165, 1.54) is 6.07 Å². The zero-order valence-corrected chi connectivity index (χ0v) is 17.7. The molecule has 2 aromatic carbocycles. The number of amides is 1. The summed E-state index contributed by atoms with van der Waals surface area (Å²) in [6.07, 6.45) is 0. The Labute approximate surface area is 171 Å². The molecular weight excluding hydrogens is 405 g/mol. The van der Waals surface area contributed by atoms with Crippen molar-refractivity contribution in [2.24, 2.45) is 5.73 Å². The highest BCUT2D eigenvalue weighted by molar-refractivity contribution is 7.89. The van der Waals surface area contributed by atoms with Crippen LogP contribution in [0.2, 0.25) is 0 Å². The van der Waals surface area contributed by atoms with E-state index in [0.29, 0.717) is 5.56 Å². The molecule has 0 aliphatic heterocycles. The molecule has 1 unspecified atom stereocenters. The van der Waals surface area contributed by atoms with Gasteiger partial charge in [0.15, 0.2) is 0 Å². The molecule has 4 N–H and O–H groups in total. The molecule has 2 rings (SSSR count). The number of hydrogen-bond acceptors (Lipinski definition) is 4. The number of benzene rings is 2. The largest absolute Gasteiger partial charge is 0.324 e. The maximum Gasteiger partial charge on any atom is 0.248 e. The Morgan fingerprint density at radius 2 is 1.61 bits per heavy atom. The van der Waals surface area contributed by atoms with Gasteiger partial charge < -0.3 is 11.1 Å². The molecule has 154 valence electrons. The quantitative estimate of drug-likeness (QED) is 0.679. The van der Waals surface area contributed by atoms with Crippen LogP contribution in [0.3, 0.4) is 0 Å². The topological polar surface area (TPSA) is 101 Å². The molecule has 6 nitrogen and oxygen atoms in total. The van der Waals surface area contributed by atoms with Crippen molar-refractivity contribution in [3.63, 3.8) is 0 Å². The lowest BCUT2D eigenvalue weighted by Crippen LogP contribution is -2.45. The van der Waals surface area contributed by atoms with Gasteiger partial charge in [0.05, 0.1) is 0 Å². The number of anilines is 1. The van der Waals surface area contributed by atoms with Gasteiger partial charge >= 0.3 is 0 Å². The summed E-state index contributed by atoms with van der Waals surface area (Å²) in [7, 11) is -4.10. The Kier molecular flexibility index (Phi) is 7.35. The smallest absolute Gasteiger partial charge is 0.248 e. The fraction of sp³-hybridized carbons (Fsp3) is 0.316. The van der Waals surface area contributed by atoms with E-state index in [9.17, 15) is 17.6 Å². The molecular formula is C19H25ClFN3O3S. The van der Waals surface area contributed by atoms with Gasteiger partial charge in [-0.25, -0.2) is 17.5 Å². The second-order valence-corrected chi connectivity index (χ2v) is 9.17. The first-order chi connectivity index (χ1) is 12.3. The predicted octanol–water partition coefficient (Wildman–Crippen LogP) is 3.14. The van der Waals surface area contributed by atoms with Gasteiger partial charge in [-0.05, 0) is 51.5 Å². The Hall–Kier alpha value is -2.00. The molecule has 2 aromatic rings. The summed E-state index contributed by atoms with van der Waals surface area (Å²) >= 11 is 0. The van der Waals surface area contributed by atoms with Crippen LogP contribution in [-0.2, 0) is 20.4 Å². The van der Waals surface area contributed by atoms with Gasteiger partial charge in [0.2, 0.25) is 15.9 Å². The zero-order valence-electron chi connectivity index (χ0n) is 16.1. The van der Waals surface area contributed by atoms with Crippen LogP contribution in [0.1, 0.15) is 33.3 Å². The number of nitrogens with one attached hydrogen (secondary N) is 2. The second kappa shape index (κ2) is 8.57. The lowest BCUT2D eigenvalue weighted by Gasteiger charge is -2.24. The highest BCUT2D eigenvalue weighted by Gasteiger charge is 2.31. The Balaban J connectivity index is 0.00000392. The summed E-state index contributed by atoms with van der Waals surface area (Å²) in [5, 5.41) is 2.56. The maximum absolute atomic E-state index is 14.1. The average molecular weight is 430 g/mol. The minimum Gasteiger partial charge on any atom is -0.324 e. The minimum absolute atomic E-state index is 0. The van der Waals surface area contributed by atoms with Gasteiger partial charge in [-0.1, -0.05) is 30.3 Å². The van der Waals surface area contributed by atoms with Crippen LogP contribution in [0.25, 0.3) is 0 Å². The number of hydrogen-bond donors (Lipinski definition) is 3. The molecule has 0 aliphatic carbocycles. The predicted molar refractivity (Wildman–Crippen MR) is 110 cm³/mol. The molecule has 0 fully saturated rings. The third-order valence-electron chi connectivity index (χ3n) is 3.76. The van der Waals surface area contributed by atoms with Crippen molar-refractivity contribution < 1.29 is 17.6 Å². The minimum atomic E-state index is -4.10. The summed E-state index contributed by atoms with van der Waals surface area (Å²) < 4.78 is 41.4. The normalized spacial score (nSPS) is 13.9. The standard InChI is InChI=1S/C19H24FN3O3S.ClH/c1-18(2,3)23-27(25,26)16-12-14(10-11-15(16)20)22-17(24)19(4,21)13-8-6-5-7-9-13;/h5-12,23H,21H2,1-4H3,(H,22,24);1H. The first-order valence-corrected chi connectivity index (χ1v) is 9.81. The number of rotatable bonds is 5. The summed E-state index contributed by atoms with van der Waals surface area (Å²) in [4.78, 5) is 12.1. The monoisotopic (exact) mass is 429 g/mol. The molecule has 0 spiro atoms. The van der Waals surface area contributed by atoms with Crippen molar-refractivity contribution in [1.29, 1.82) is 0 Å². The molecule has 28 heavy (non-hydrogen) atoms. The highest BCUT2D eigenvalue weighted by atomic mass is 35.5. The van der Waals surface area contributed by atoms with Crippen molar-refractivity contribution in [1.82, 2.24) is 4.72 Å². The number of carbonyl (C=O) groups excluding carboxylic acids is 1. The summed E-state index contributed by atoms with van der Waals surface area (Å²) in [6, 6.07) is 12.1. The molecule has 9 heteroatoms. The van der Waals surface area contributed by atoms with E-state index < -0.39 is 37.7 Å². The Morgan fingerprint density at radius 3 is 2.14 bits per heavy atom. The van der Waals surface area contributed by atoms with Gasteiger partial charge in [0, 0.05) is 11.2 Å². The molecule has 1 atom stereocenters. The SMILES string of the molecule is CC(C)(C)NS(=O)(=O)c1cc(NC(=O)C(C)(N)c2ccccc2)ccc1F.Cl. The molecule has 0 radical (unpaired) electrons. The van der Waals surface area contributed by atoms with Crippen molar-refractivity contribution in [3.8, 4) is 0 Å². The molecule has 1 amide bonds. The summed E-state index contributed by atoms with van der Waals surface area (Å²) in [6.45, 7) is 6.48. The lowest BCUT2D eigenvalue weighted by molar-refractivity contribution is -0.120. The highest BCUT2D eigenvalue weighted by Crippen LogP contribution is 2.24. The molecule has 0 saturated heterocycles. The van der Waals surface area contributed by atoms with Gasteiger partial charge in [0.1, 0.15) is 16.3 Å². The van der Waals surface area contributed by atoms with Crippen molar-refractivity contribution >= 4 is 34.0 Å². The van der Waals surface area contributed by atoms with E-state index in [0.717, 1.165) is 12.1 Å². The molecule has 0 aliphatic rings. The van der Waals surface area contributed by atoms with E-state index in [4.69, 9.17) is 5.73 Å². The third-order valence-corrected chi connectivity index (χ3v) is 5.54. The number of halogens is 2. The van der Waals surface area contributed by atoms with Crippen molar-refractivity contribution in [2.75, 3.05) is 5.32 Å². The first kappa shape index (κ1) is 24.0. The Bertz CT molecular complexity index is 943. The van der Waals surface area contributed by atoms with Gasteiger partial charge in [-0.2, -0.15) is 0 Å². The van der Waals surface area contributed by atoms with Gasteiger partial charge in [0.25, 0.3) is 0 Å².